The Morgan fingerprint density at radius 2 is 1.41 bits per heavy atom. The lowest BCUT2D eigenvalue weighted by Crippen LogP contribution is -2.62. The van der Waals surface area contributed by atoms with E-state index in [1.807, 2.05) is 0 Å². The first-order valence-corrected chi connectivity index (χ1v) is 8.70. The lowest BCUT2D eigenvalue weighted by molar-refractivity contribution is -0.168. The van der Waals surface area contributed by atoms with E-state index in [1.54, 1.807) is 39.0 Å². The van der Waals surface area contributed by atoms with Gasteiger partial charge in [-0.3, -0.25) is 4.79 Å². The monoisotopic (exact) mass is 379 g/mol. The second-order valence-corrected chi connectivity index (χ2v) is 5.58. The first kappa shape index (κ1) is 22.1. The summed E-state index contributed by atoms with van der Waals surface area (Å²) in [5.74, 6) is -3.14. The van der Waals surface area contributed by atoms with Crippen molar-refractivity contribution in [3.8, 4) is 0 Å². The Bertz CT molecular complexity index is 681. The molecule has 8 nitrogen and oxygen atoms in total. The molecule has 0 aliphatic carbocycles. The molecule has 0 heterocycles. The molecule has 148 valence electrons. The molecular weight excluding hydrogens is 354 g/mol. The number of ether oxygens (including phenoxy) is 3. The van der Waals surface area contributed by atoms with Crippen molar-refractivity contribution in [1.82, 2.24) is 5.32 Å². The maximum Gasteiger partial charge on any atom is 0.344 e. The van der Waals surface area contributed by atoms with Gasteiger partial charge in [-0.1, -0.05) is 18.2 Å². The van der Waals surface area contributed by atoms with Crippen molar-refractivity contribution in [2.24, 2.45) is 0 Å². The number of benzene rings is 1. The van der Waals surface area contributed by atoms with Gasteiger partial charge in [0.2, 0.25) is 11.4 Å². The number of nitrogens with one attached hydrogen (secondary N) is 1. The van der Waals surface area contributed by atoms with Gasteiger partial charge in [-0.25, -0.2) is 14.4 Å². The standard InChI is InChI=1S/C19H25NO7/c1-5-25-16(22)15-11-9-8-10-14(15)12-19(20-13(4)21,17(23)26-6-2)18(24)27-7-3/h8-11H,5-7,12H2,1-4H3,(H,20,21). The Morgan fingerprint density at radius 1 is 0.889 bits per heavy atom. The summed E-state index contributed by atoms with van der Waals surface area (Å²) in [7, 11) is 0. The number of carbonyl (C=O) groups excluding carboxylic acids is 4. The topological polar surface area (TPSA) is 108 Å². The minimum absolute atomic E-state index is 0.000897. The van der Waals surface area contributed by atoms with E-state index in [1.165, 1.54) is 13.0 Å². The molecule has 27 heavy (non-hydrogen) atoms. The molecule has 1 aromatic carbocycles. The van der Waals surface area contributed by atoms with Crippen molar-refractivity contribution in [3.05, 3.63) is 35.4 Å². The minimum Gasteiger partial charge on any atom is -0.464 e. The van der Waals surface area contributed by atoms with Gasteiger partial charge in [0.05, 0.1) is 25.4 Å². The lowest BCUT2D eigenvalue weighted by Gasteiger charge is -2.30. The predicted molar refractivity (Wildman–Crippen MR) is 95.9 cm³/mol. The smallest absolute Gasteiger partial charge is 0.344 e. The number of hydrogen-bond donors (Lipinski definition) is 1. The third kappa shape index (κ3) is 5.54. The maximum absolute atomic E-state index is 12.7. The van der Waals surface area contributed by atoms with Crippen LogP contribution >= 0.6 is 0 Å². The van der Waals surface area contributed by atoms with Gasteiger partial charge in [-0.2, -0.15) is 0 Å². The summed E-state index contributed by atoms with van der Waals surface area (Å²) < 4.78 is 15.1. The van der Waals surface area contributed by atoms with Gasteiger partial charge in [0.15, 0.2) is 0 Å². The second kappa shape index (κ2) is 10.3. The molecule has 0 aliphatic rings. The van der Waals surface area contributed by atoms with Crippen LogP contribution in [0, 0.1) is 0 Å². The van der Waals surface area contributed by atoms with Crippen LogP contribution in [0.3, 0.4) is 0 Å². The van der Waals surface area contributed by atoms with Crippen molar-refractivity contribution in [2.45, 2.75) is 39.7 Å². The summed E-state index contributed by atoms with van der Waals surface area (Å²) in [6.07, 6.45) is -0.320. The molecule has 0 spiro atoms. The zero-order valence-electron chi connectivity index (χ0n) is 16.0. The fourth-order valence-electron chi connectivity index (χ4n) is 2.55. The fraction of sp³-hybridized carbons (Fsp3) is 0.474. The Kier molecular flexibility index (Phi) is 8.44. The van der Waals surface area contributed by atoms with Crippen molar-refractivity contribution < 1.29 is 33.4 Å². The largest absolute Gasteiger partial charge is 0.464 e. The van der Waals surface area contributed by atoms with Crippen LogP contribution in [0.1, 0.15) is 43.6 Å². The molecular formula is C19H25NO7. The average molecular weight is 379 g/mol. The van der Waals surface area contributed by atoms with E-state index in [0.29, 0.717) is 5.56 Å². The molecule has 0 radical (unpaired) electrons. The van der Waals surface area contributed by atoms with Crippen molar-refractivity contribution in [2.75, 3.05) is 19.8 Å². The van der Waals surface area contributed by atoms with Crippen molar-refractivity contribution in [3.63, 3.8) is 0 Å². The number of esters is 3. The maximum atomic E-state index is 12.7. The molecule has 0 saturated heterocycles. The zero-order chi connectivity index (χ0) is 20.4. The van der Waals surface area contributed by atoms with E-state index in [0.717, 1.165) is 0 Å². The highest BCUT2D eigenvalue weighted by atomic mass is 16.6. The molecule has 0 aliphatic heterocycles. The van der Waals surface area contributed by atoms with E-state index in [2.05, 4.69) is 5.32 Å². The SMILES string of the molecule is CCOC(=O)c1ccccc1CC(NC(C)=O)(C(=O)OCC)C(=O)OCC. The summed E-state index contributed by atoms with van der Waals surface area (Å²) >= 11 is 0. The quantitative estimate of drug-likeness (QED) is 0.392. The lowest BCUT2D eigenvalue weighted by atomic mass is 9.88. The Balaban J connectivity index is 3.47. The highest BCUT2D eigenvalue weighted by molar-refractivity contribution is 6.08. The van der Waals surface area contributed by atoms with Gasteiger partial charge < -0.3 is 19.5 Å². The van der Waals surface area contributed by atoms with Crippen LogP contribution in [-0.2, 0) is 35.0 Å². The summed E-state index contributed by atoms with van der Waals surface area (Å²) in [6.45, 7) is 6.16. The molecule has 0 atom stereocenters. The average Bonchev–Trinajstić information content (AvgIpc) is 2.61. The van der Waals surface area contributed by atoms with Gasteiger partial charge in [0, 0.05) is 13.3 Å². The normalized spacial score (nSPS) is 10.7. The predicted octanol–water partition coefficient (Wildman–Crippen LogP) is 1.41. The highest BCUT2D eigenvalue weighted by Crippen LogP contribution is 2.22. The van der Waals surface area contributed by atoms with Crippen LogP contribution < -0.4 is 5.32 Å². The van der Waals surface area contributed by atoms with Crippen molar-refractivity contribution >= 4 is 23.8 Å². The fourth-order valence-corrected chi connectivity index (χ4v) is 2.55. The van der Waals surface area contributed by atoms with Crippen LogP contribution in [0.2, 0.25) is 0 Å². The highest BCUT2D eigenvalue weighted by Gasteiger charge is 2.50. The van der Waals surface area contributed by atoms with Crippen LogP contribution in [0.5, 0.6) is 0 Å². The van der Waals surface area contributed by atoms with Crippen LogP contribution in [0.4, 0.5) is 0 Å². The molecule has 8 heteroatoms. The van der Waals surface area contributed by atoms with Gasteiger partial charge in [-0.05, 0) is 32.4 Å². The second-order valence-electron chi connectivity index (χ2n) is 5.58. The molecule has 1 amide bonds. The molecule has 0 saturated carbocycles. The first-order valence-electron chi connectivity index (χ1n) is 8.70. The third-order valence-corrected chi connectivity index (χ3v) is 3.61. The van der Waals surface area contributed by atoms with Crippen LogP contribution in [0.25, 0.3) is 0 Å². The summed E-state index contributed by atoms with van der Waals surface area (Å²) in [5, 5.41) is 2.37. The minimum atomic E-state index is -2.11. The summed E-state index contributed by atoms with van der Waals surface area (Å²) in [5.41, 5.74) is -1.59. The van der Waals surface area contributed by atoms with Crippen LogP contribution in [0.15, 0.2) is 24.3 Å². The molecule has 1 aromatic rings. The van der Waals surface area contributed by atoms with E-state index < -0.39 is 29.4 Å². The Morgan fingerprint density at radius 3 is 1.89 bits per heavy atom. The molecule has 0 fully saturated rings. The summed E-state index contributed by atoms with van der Waals surface area (Å²) in [4.78, 5) is 49.3. The molecule has 1 N–H and O–H groups in total. The first-order chi connectivity index (χ1) is 12.8. The van der Waals surface area contributed by atoms with E-state index in [4.69, 9.17) is 14.2 Å². The number of rotatable bonds is 9. The zero-order valence-corrected chi connectivity index (χ0v) is 16.0. The van der Waals surface area contributed by atoms with Gasteiger partial charge in [-0.15, -0.1) is 0 Å². The van der Waals surface area contributed by atoms with E-state index in [-0.39, 0.29) is 31.8 Å². The van der Waals surface area contributed by atoms with Gasteiger partial charge in [0.1, 0.15) is 0 Å². The Labute approximate surface area is 158 Å². The van der Waals surface area contributed by atoms with Gasteiger partial charge in [0.25, 0.3) is 0 Å². The molecule has 0 aromatic heterocycles. The number of carbonyl (C=O) groups is 4. The third-order valence-electron chi connectivity index (χ3n) is 3.61. The van der Waals surface area contributed by atoms with E-state index >= 15 is 0 Å². The van der Waals surface area contributed by atoms with Crippen molar-refractivity contribution in [1.29, 1.82) is 0 Å². The molecule has 0 bridgehead atoms. The molecule has 0 unspecified atom stereocenters. The number of hydrogen-bond acceptors (Lipinski definition) is 7. The number of amides is 1. The summed E-state index contributed by atoms with van der Waals surface area (Å²) in [6, 6.07) is 6.36. The van der Waals surface area contributed by atoms with Crippen LogP contribution in [-0.4, -0.2) is 49.2 Å². The van der Waals surface area contributed by atoms with Gasteiger partial charge >= 0.3 is 17.9 Å². The molecule has 1 rings (SSSR count). The Hall–Kier alpha value is -2.90. The van der Waals surface area contributed by atoms with E-state index in [9.17, 15) is 19.2 Å².